The molecule has 3 rings (SSSR count). The lowest BCUT2D eigenvalue weighted by Gasteiger charge is -2.22. The molecule has 39 heavy (non-hydrogen) atoms. The van der Waals surface area contributed by atoms with Gasteiger partial charge in [-0.05, 0) is 42.5 Å². The Labute approximate surface area is 230 Å². The molecule has 9 heteroatoms. The molecule has 0 bridgehead atoms. The van der Waals surface area contributed by atoms with Gasteiger partial charge in [0.1, 0.15) is 12.6 Å². The summed E-state index contributed by atoms with van der Waals surface area (Å²) in [5.41, 5.74) is 2.70. The monoisotopic (exact) mass is 550 g/mol. The summed E-state index contributed by atoms with van der Waals surface area (Å²) in [7, 11) is -3.89. The first-order valence-electron chi connectivity index (χ1n) is 12.8. The standard InChI is InChI=1S/C30H34N2O6S/c1-2-38-39(35,36)21-20-27(19-18-24-12-6-3-7-13-24)31-29(33)28(22-25-14-8-4-9-15-25)32-30(34)37-23-26-16-10-5-11-17-26/h3-17,20-21,27-28H,2,18-19,22-23H2,1H3,(H,31,33)(H,32,34)/b21-20-/t27-,28-/m0/s1. The molecule has 2 atom stereocenters. The Morgan fingerprint density at radius 3 is 1.97 bits per heavy atom. The van der Waals surface area contributed by atoms with Crippen molar-refractivity contribution in [2.75, 3.05) is 6.61 Å². The molecule has 0 heterocycles. The van der Waals surface area contributed by atoms with Gasteiger partial charge in [0.05, 0.1) is 12.0 Å². The second-order valence-electron chi connectivity index (χ2n) is 8.82. The van der Waals surface area contributed by atoms with Crippen molar-refractivity contribution in [1.82, 2.24) is 10.6 Å². The Kier molecular flexibility index (Phi) is 11.7. The molecule has 0 spiro atoms. The Hall–Kier alpha value is -3.95. The smallest absolute Gasteiger partial charge is 0.408 e. The van der Waals surface area contributed by atoms with Crippen LogP contribution in [0, 0.1) is 0 Å². The highest BCUT2D eigenvalue weighted by molar-refractivity contribution is 7.89. The molecular formula is C30H34N2O6S. The van der Waals surface area contributed by atoms with Crippen LogP contribution < -0.4 is 10.6 Å². The second kappa shape index (κ2) is 15.5. The highest BCUT2D eigenvalue weighted by Crippen LogP contribution is 2.10. The van der Waals surface area contributed by atoms with Crippen molar-refractivity contribution >= 4 is 22.1 Å². The lowest BCUT2D eigenvalue weighted by Crippen LogP contribution is -2.50. The maximum atomic E-state index is 13.4. The predicted molar refractivity (Wildman–Crippen MR) is 150 cm³/mol. The van der Waals surface area contributed by atoms with Gasteiger partial charge in [0.25, 0.3) is 10.1 Å². The van der Waals surface area contributed by atoms with E-state index in [1.807, 2.05) is 91.0 Å². The van der Waals surface area contributed by atoms with Gasteiger partial charge in [-0.2, -0.15) is 8.42 Å². The van der Waals surface area contributed by atoms with Gasteiger partial charge in [-0.25, -0.2) is 4.79 Å². The molecule has 8 nitrogen and oxygen atoms in total. The summed E-state index contributed by atoms with van der Waals surface area (Å²) in [5.74, 6) is -0.466. The third-order valence-corrected chi connectivity index (χ3v) is 6.83. The molecule has 206 valence electrons. The lowest BCUT2D eigenvalue weighted by molar-refractivity contribution is -0.123. The van der Waals surface area contributed by atoms with Crippen molar-refractivity contribution in [3.05, 3.63) is 119 Å². The van der Waals surface area contributed by atoms with E-state index in [-0.39, 0.29) is 19.6 Å². The lowest BCUT2D eigenvalue weighted by atomic mass is 10.0. The maximum absolute atomic E-state index is 13.4. The molecule has 0 radical (unpaired) electrons. The van der Waals surface area contributed by atoms with Crippen LogP contribution >= 0.6 is 0 Å². The highest BCUT2D eigenvalue weighted by Gasteiger charge is 2.24. The number of carbonyl (C=O) groups excluding carboxylic acids is 2. The van der Waals surface area contributed by atoms with Gasteiger partial charge in [-0.1, -0.05) is 91.0 Å². The average molecular weight is 551 g/mol. The van der Waals surface area contributed by atoms with Crippen LogP contribution in [-0.4, -0.2) is 39.1 Å². The Morgan fingerprint density at radius 1 is 0.821 bits per heavy atom. The van der Waals surface area contributed by atoms with Gasteiger partial charge in [0.15, 0.2) is 0 Å². The summed E-state index contributed by atoms with van der Waals surface area (Å²) in [5, 5.41) is 6.51. The number of hydrogen-bond donors (Lipinski definition) is 2. The molecule has 3 aromatic rings. The topological polar surface area (TPSA) is 111 Å². The summed E-state index contributed by atoms with van der Waals surface area (Å²) in [4.78, 5) is 26.1. The van der Waals surface area contributed by atoms with Gasteiger partial charge in [0, 0.05) is 12.5 Å². The first kappa shape index (κ1) is 29.6. The van der Waals surface area contributed by atoms with Crippen LogP contribution in [0.1, 0.15) is 30.0 Å². The van der Waals surface area contributed by atoms with Crippen molar-refractivity contribution in [2.45, 2.75) is 44.9 Å². The Bertz CT molecular complexity index is 1300. The quantitative estimate of drug-likeness (QED) is 0.286. The molecule has 0 unspecified atom stereocenters. The predicted octanol–water partition coefficient (Wildman–Crippen LogP) is 4.52. The first-order valence-corrected chi connectivity index (χ1v) is 14.2. The van der Waals surface area contributed by atoms with Gasteiger partial charge in [0.2, 0.25) is 5.91 Å². The Morgan fingerprint density at radius 2 is 1.38 bits per heavy atom. The van der Waals surface area contributed by atoms with Gasteiger partial charge in [-0.3, -0.25) is 8.98 Å². The molecule has 0 saturated heterocycles. The van der Waals surface area contributed by atoms with E-state index < -0.39 is 34.2 Å². The summed E-state index contributed by atoms with van der Waals surface area (Å²) in [6, 6.07) is 26.6. The van der Waals surface area contributed by atoms with Crippen LogP contribution in [0.2, 0.25) is 0 Å². The minimum atomic E-state index is -3.89. The number of hydrogen-bond acceptors (Lipinski definition) is 6. The fourth-order valence-electron chi connectivity index (χ4n) is 3.83. The molecule has 0 fully saturated rings. The summed E-state index contributed by atoms with van der Waals surface area (Å²) < 4.78 is 34.3. The van der Waals surface area contributed by atoms with Gasteiger partial charge >= 0.3 is 6.09 Å². The number of rotatable bonds is 14. The van der Waals surface area contributed by atoms with Gasteiger partial charge < -0.3 is 15.4 Å². The summed E-state index contributed by atoms with van der Waals surface area (Å²) in [6.45, 7) is 1.64. The van der Waals surface area contributed by atoms with Gasteiger partial charge in [-0.15, -0.1) is 0 Å². The van der Waals surface area contributed by atoms with E-state index in [1.54, 1.807) is 6.92 Å². The molecule has 2 N–H and O–H groups in total. The minimum absolute atomic E-state index is 0.00186. The minimum Gasteiger partial charge on any atom is -0.445 e. The zero-order valence-corrected chi connectivity index (χ0v) is 22.7. The van der Waals surface area contributed by atoms with E-state index in [9.17, 15) is 18.0 Å². The number of benzene rings is 3. The molecule has 0 saturated carbocycles. The molecule has 2 amide bonds. The van der Waals surface area contributed by atoms with Crippen molar-refractivity contribution in [3.8, 4) is 0 Å². The SMILES string of the molecule is CCOS(=O)(=O)/C=C\[C@H](CCc1ccccc1)NC(=O)[C@H](Cc1ccccc1)NC(=O)OCc1ccccc1. The summed E-state index contributed by atoms with van der Waals surface area (Å²) >= 11 is 0. The molecule has 0 aliphatic heterocycles. The fraction of sp³-hybridized carbons (Fsp3) is 0.267. The van der Waals surface area contributed by atoms with E-state index in [4.69, 9.17) is 8.92 Å². The number of nitrogens with one attached hydrogen (secondary N) is 2. The van der Waals surface area contributed by atoms with Crippen LogP contribution in [0.25, 0.3) is 0 Å². The van der Waals surface area contributed by atoms with Crippen LogP contribution in [0.15, 0.2) is 102 Å². The van der Waals surface area contributed by atoms with E-state index in [2.05, 4.69) is 10.6 Å². The van der Waals surface area contributed by atoms with Crippen LogP contribution in [0.3, 0.4) is 0 Å². The molecule has 0 aliphatic carbocycles. The third-order valence-electron chi connectivity index (χ3n) is 5.78. The zero-order chi connectivity index (χ0) is 27.9. The number of amides is 2. The zero-order valence-electron chi connectivity index (χ0n) is 21.9. The second-order valence-corrected chi connectivity index (χ2v) is 10.3. The van der Waals surface area contributed by atoms with Crippen molar-refractivity contribution < 1.29 is 26.9 Å². The normalized spacial score (nSPS) is 12.9. The highest BCUT2D eigenvalue weighted by atomic mass is 32.2. The largest absolute Gasteiger partial charge is 0.445 e. The van der Waals surface area contributed by atoms with Crippen molar-refractivity contribution in [1.29, 1.82) is 0 Å². The molecular weight excluding hydrogens is 516 g/mol. The van der Waals surface area contributed by atoms with E-state index >= 15 is 0 Å². The van der Waals surface area contributed by atoms with E-state index in [1.165, 1.54) is 6.08 Å². The molecule has 0 aromatic heterocycles. The van der Waals surface area contributed by atoms with E-state index in [0.29, 0.717) is 12.8 Å². The van der Waals surface area contributed by atoms with Crippen LogP contribution in [-0.2, 0) is 43.3 Å². The Balaban J connectivity index is 1.73. The van der Waals surface area contributed by atoms with Crippen LogP contribution in [0.5, 0.6) is 0 Å². The first-order chi connectivity index (χ1) is 18.8. The number of carbonyl (C=O) groups is 2. The number of aryl methyl sites for hydroxylation is 1. The fourth-order valence-corrected chi connectivity index (χ4v) is 4.62. The van der Waals surface area contributed by atoms with E-state index in [0.717, 1.165) is 22.1 Å². The maximum Gasteiger partial charge on any atom is 0.408 e. The molecule has 3 aromatic carbocycles. The van der Waals surface area contributed by atoms with Crippen molar-refractivity contribution in [3.63, 3.8) is 0 Å². The number of ether oxygens (including phenoxy) is 1. The van der Waals surface area contributed by atoms with Crippen LogP contribution in [0.4, 0.5) is 4.79 Å². The number of alkyl carbamates (subject to hydrolysis) is 1. The van der Waals surface area contributed by atoms with Crippen molar-refractivity contribution in [2.24, 2.45) is 0 Å². The summed E-state index contributed by atoms with van der Waals surface area (Å²) in [6.07, 6.45) is 1.93. The third kappa shape index (κ3) is 11.1. The average Bonchev–Trinajstić information content (AvgIpc) is 2.94. The molecule has 0 aliphatic rings.